The minimum atomic E-state index is -0.645. The predicted molar refractivity (Wildman–Crippen MR) is 104 cm³/mol. The Bertz CT molecular complexity index is 956. The van der Waals surface area contributed by atoms with E-state index >= 15 is 0 Å². The molecule has 3 aromatic rings. The van der Waals surface area contributed by atoms with Gasteiger partial charge in [-0.25, -0.2) is 0 Å². The van der Waals surface area contributed by atoms with Crippen molar-refractivity contribution in [2.24, 2.45) is 0 Å². The molecule has 0 saturated heterocycles. The number of aryl methyl sites for hydroxylation is 1. The molecule has 0 spiro atoms. The third-order valence-electron chi connectivity index (χ3n) is 4.71. The quantitative estimate of drug-likeness (QED) is 0.672. The molecular formula is C20H22N5O3-. The fraction of sp³-hybridized carbons (Fsp3) is 0.300. The number of nitrogens with one attached hydrogen (secondary N) is 1. The maximum atomic E-state index is 13.1. The van der Waals surface area contributed by atoms with E-state index in [0.717, 1.165) is 22.4 Å². The fourth-order valence-corrected chi connectivity index (χ4v) is 2.94. The van der Waals surface area contributed by atoms with Crippen molar-refractivity contribution in [3.63, 3.8) is 0 Å². The number of tetrazole rings is 1. The monoisotopic (exact) mass is 380 g/mol. The minimum Gasteiger partial charge on any atom is -0.493 e. The van der Waals surface area contributed by atoms with E-state index < -0.39 is 5.92 Å². The lowest BCUT2D eigenvalue weighted by Crippen LogP contribution is -2.25. The summed E-state index contributed by atoms with van der Waals surface area (Å²) in [6.45, 7) is 3.97. The zero-order valence-electron chi connectivity index (χ0n) is 16.3. The molecule has 146 valence electrons. The molecule has 1 N–H and O–H groups in total. The first-order chi connectivity index (χ1) is 13.5. The normalized spacial score (nSPS) is 11.7. The highest BCUT2D eigenvalue weighted by Gasteiger charge is 2.22. The number of carbonyl (C=O) groups excluding carboxylic acids is 1. The van der Waals surface area contributed by atoms with Crippen LogP contribution in [0.4, 0.5) is 5.69 Å². The summed E-state index contributed by atoms with van der Waals surface area (Å²) in [5, 5.41) is 17.8. The van der Waals surface area contributed by atoms with Crippen molar-refractivity contribution in [2.75, 3.05) is 19.5 Å². The van der Waals surface area contributed by atoms with Gasteiger partial charge >= 0.3 is 0 Å². The molecule has 0 bridgehead atoms. The van der Waals surface area contributed by atoms with Gasteiger partial charge in [0.25, 0.3) is 0 Å². The van der Waals surface area contributed by atoms with Crippen molar-refractivity contribution in [1.29, 1.82) is 0 Å². The number of methoxy groups -OCH3 is 2. The van der Waals surface area contributed by atoms with Gasteiger partial charge in [-0.1, -0.05) is 18.2 Å². The Morgan fingerprint density at radius 1 is 1.14 bits per heavy atom. The van der Waals surface area contributed by atoms with Crippen LogP contribution in [0.15, 0.2) is 36.4 Å². The van der Waals surface area contributed by atoms with Crippen molar-refractivity contribution >= 4 is 11.6 Å². The minimum absolute atomic E-state index is 0.224. The number of aromatic nitrogens is 4. The van der Waals surface area contributed by atoms with Gasteiger partial charge in [-0.2, -0.15) is 5.21 Å². The summed E-state index contributed by atoms with van der Waals surface area (Å²) < 4.78 is 10.6. The van der Waals surface area contributed by atoms with Crippen LogP contribution in [0.1, 0.15) is 28.4 Å². The average Bonchev–Trinajstić information content (AvgIpc) is 3.23. The number of carbonyl (C=O) groups is 1. The van der Waals surface area contributed by atoms with Crippen molar-refractivity contribution in [1.82, 2.24) is 20.6 Å². The largest absolute Gasteiger partial charge is 0.493 e. The van der Waals surface area contributed by atoms with Crippen LogP contribution in [-0.2, 0) is 11.2 Å². The van der Waals surface area contributed by atoms with Crippen LogP contribution in [0.2, 0.25) is 0 Å². The number of amides is 1. The molecule has 0 aliphatic carbocycles. The molecule has 2 aromatic carbocycles. The molecule has 1 atom stereocenters. The smallest absolute Gasteiger partial charge is 0.232 e. The van der Waals surface area contributed by atoms with E-state index in [2.05, 4.69) is 25.9 Å². The highest BCUT2D eigenvalue weighted by Crippen LogP contribution is 2.30. The lowest BCUT2D eigenvalue weighted by molar-refractivity contribution is -0.117. The first-order valence-corrected chi connectivity index (χ1v) is 8.80. The van der Waals surface area contributed by atoms with E-state index in [0.29, 0.717) is 17.9 Å². The Balaban J connectivity index is 1.88. The van der Waals surface area contributed by atoms with Gasteiger partial charge in [0, 0.05) is 11.5 Å². The standard InChI is InChI=1S/C20H23N5O3/c1-12-6-5-7-16(13(12)2)21-20(26)15(19-22-24-25-23-19)10-14-8-9-17(27-3)18(11-14)28-4/h5-9,11,15H,10H2,1-4H3,(H2,21,22,23,24,25,26)/p-1/t15-/m0/s1. The predicted octanol–water partition coefficient (Wildman–Crippen LogP) is 2.43. The van der Waals surface area contributed by atoms with E-state index in [4.69, 9.17) is 9.47 Å². The van der Waals surface area contributed by atoms with Crippen LogP contribution in [0, 0.1) is 13.8 Å². The van der Waals surface area contributed by atoms with Gasteiger partial charge in [0.05, 0.1) is 20.1 Å². The maximum Gasteiger partial charge on any atom is 0.232 e. The molecule has 0 aliphatic rings. The van der Waals surface area contributed by atoms with E-state index in [1.807, 2.05) is 44.2 Å². The van der Waals surface area contributed by atoms with Crippen molar-refractivity contribution in [3.05, 3.63) is 58.9 Å². The molecule has 0 saturated carbocycles. The first-order valence-electron chi connectivity index (χ1n) is 8.80. The Morgan fingerprint density at radius 2 is 1.93 bits per heavy atom. The molecule has 28 heavy (non-hydrogen) atoms. The van der Waals surface area contributed by atoms with Gasteiger partial charge in [-0.05, 0) is 55.2 Å². The molecular weight excluding hydrogens is 358 g/mol. The number of hydrogen-bond donors (Lipinski definition) is 1. The molecule has 0 aliphatic heterocycles. The topological polar surface area (TPSA) is 100 Å². The van der Waals surface area contributed by atoms with Crippen LogP contribution in [0.25, 0.3) is 0 Å². The molecule has 8 nitrogen and oxygen atoms in total. The zero-order valence-corrected chi connectivity index (χ0v) is 16.3. The van der Waals surface area contributed by atoms with Crippen molar-refractivity contribution in [3.8, 4) is 11.5 Å². The van der Waals surface area contributed by atoms with Crippen molar-refractivity contribution < 1.29 is 14.3 Å². The van der Waals surface area contributed by atoms with Gasteiger partial charge in [-0.3, -0.25) is 15.1 Å². The van der Waals surface area contributed by atoms with E-state index in [-0.39, 0.29) is 11.7 Å². The number of benzene rings is 2. The molecule has 0 radical (unpaired) electrons. The molecule has 1 heterocycles. The zero-order chi connectivity index (χ0) is 20.1. The summed E-state index contributed by atoms with van der Waals surface area (Å²) in [7, 11) is 3.15. The number of rotatable bonds is 7. The summed E-state index contributed by atoms with van der Waals surface area (Å²) in [6.07, 6.45) is 0.366. The molecule has 8 heteroatoms. The van der Waals surface area contributed by atoms with Crippen LogP contribution in [0.3, 0.4) is 0 Å². The van der Waals surface area contributed by atoms with Gasteiger partial charge in [-0.15, -0.1) is 0 Å². The highest BCUT2D eigenvalue weighted by molar-refractivity contribution is 5.96. The Labute approximate surface area is 163 Å². The molecule has 1 amide bonds. The summed E-state index contributed by atoms with van der Waals surface area (Å²) in [4.78, 5) is 13.1. The van der Waals surface area contributed by atoms with Gasteiger partial charge in [0.1, 0.15) is 0 Å². The SMILES string of the molecule is COc1ccc(C[C@H](C(=O)Nc2cccc(C)c2C)c2nnn[n-]2)cc1OC. The number of hydrogen-bond acceptors (Lipinski definition) is 6. The molecule has 0 fully saturated rings. The second-order valence-electron chi connectivity index (χ2n) is 6.42. The summed E-state index contributed by atoms with van der Waals surface area (Å²) in [5.41, 5.74) is 3.75. The third kappa shape index (κ3) is 4.11. The Kier molecular flexibility index (Phi) is 5.88. The van der Waals surface area contributed by atoms with Gasteiger partial charge in [0.2, 0.25) is 5.91 Å². The molecule has 3 rings (SSSR count). The van der Waals surface area contributed by atoms with E-state index in [1.54, 1.807) is 20.3 Å². The van der Waals surface area contributed by atoms with Gasteiger partial charge < -0.3 is 19.9 Å². The second kappa shape index (κ2) is 8.51. The van der Waals surface area contributed by atoms with Crippen LogP contribution in [-0.4, -0.2) is 35.7 Å². The Morgan fingerprint density at radius 3 is 2.61 bits per heavy atom. The average molecular weight is 380 g/mol. The maximum absolute atomic E-state index is 13.1. The third-order valence-corrected chi connectivity index (χ3v) is 4.71. The number of anilines is 1. The number of nitrogens with zero attached hydrogens (tertiary/aromatic N) is 4. The van der Waals surface area contributed by atoms with E-state index in [9.17, 15) is 4.79 Å². The van der Waals surface area contributed by atoms with Gasteiger partial charge in [0.15, 0.2) is 11.5 Å². The first kappa shape index (κ1) is 19.3. The highest BCUT2D eigenvalue weighted by atomic mass is 16.5. The molecule has 0 unspecified atom stereocenters. The van der Waals surface area contributed by atoms with Crippen LogP contribution >= 0.6 is 0 Å². The molecule has 1 aromatic heterocycles. The summed E-state index contributed by atoms with van der Waals surface area (Å²) in [6, 6.07) is 11.3. The number of ether oxygens (including phenoxy) is 2. The lowest BCUT2D eigenvalue weighted by atomic mass is 9.97. The van der Waals surface area contributed by atoms with Crippen LogP contribution < -0.4 is 19.9 Å². The summed E-state index contributed by atoms with van der Waals surface area (Å²) in [5.74, 6) is 0.618. The van der Waals surface area contributed by atoms with E-state index in [1.165, 1.54) is 0 Å². The Hall–Kier alpha value is -3.42. The van der Waals surface area contributed by atoms with Crippen molar-refractivity contribution in [2.45, 2.75) is 26.2 Å². The lowest BCUT2D eigenvalue weighted by Gasteiger charge is -2.19. The van der Waals surface area contributed by atoms with Crippen LogP contribution in [0.5, 0.6) is 11.5 Å². The second-order valence-corrected chi connectivity index (χ2v) is 6.42. The summed E-state index contributed by atoms with van der Waals surface area (Å²) >= 11 is 0. The fourth-order valence-electron chi connectivity index (χ4n) is 2.94.